The molecule has 0 saturated heterocycles. The lowest BCUT2D eigenvalue weighted by atomic mass is 10.1. The number of hydrogen-bond acceptors (Lipinski definition) is 3. The van der Waals surface area contributed by atoms with Crippen LogP contribution in [0.15, 0.2) is 6.07 Å². The first kappa shape index (κ1) is 11.5. The molecule has 82 valence electrons. The number of carbonyl (C=O) groups is 1. The molecule has 0 radical (unpaired) electrons. The number of nitrogens with zero attached hydrogens (tertiary/aromatic N) is 1. The molecule has 0 unspecified atom stereocenters. The van der Waals surface area contributed by atoms with Crippen molar-refractivity contribution in [2.75, 3.05) is 0 Å². The first-order valence-corrected chi connectivity index (χ1v) is 4.80. The van der Waals surface area contributed by atoms with Crippen LogP contribution in [-0.4, -0.2) is 22.2 Å². The van der Waals surface area contributed by atoms with E-state index >= 15 is 0 Å². The summed E-state index contributed by atoms with van der Waals surface area (Å²) in [6.07, 6.45) is -0.0863. The number of rotatable bonds is 3. The van der Waals surface area contributed by atoms with Gasteiger partial charge in [-0.2, -0.15) is 0 Å². The predicted molar refractivity (Wildman–Crippen MR) is 56.4 cm³/mol. The van der Waals surface area contributed by atoms with Gasteiger partial charge in [-0.15, -0.1) is 0 Å². The van der Waals surface area contributed by atoms with Gasteiger partial charge in [0.2, 0.25) is 5.88 Å². The molecule has 1 rings (SSSR count). The van der Waals surface area contributed by atoms with E-state index in [-0.39, 0.29) is 17.5 Å². The number of ether oxygens (including phenoxy) is 1. The molecule has 0 bridgehead atoms. The molecule has 1 aromatic heterocycles. The van der Waals surface area contributed by atoms with E-state index in [0.717, 1.165) is 5.69 Å². The zero-order valence-corrected chi connectivity index (χ0v) is 9.37. The summed E-state index contributed by atoms with van der Waals surface area (Å²) in [7, 11) is 0. The van der Waals surface area contributed by atoms with Crippen LogP contribution in [0.4, 0.5) is 0 Å². The van der Waals surface area contributed by atoms with Gasteiger partial charge in [0, 0.05) is 5.69 Å². The largest absolute Gasteiger partial charge is 0.477 e. The van der Waals surface area contributed by atoms with E-state index in [9.17, 15) is 4.79 Å². The summed E-state index contributed by atoms with van der Waals surface area (Å²) < 4.78 is 5.38. The standard InChI is InChI=1S/C11H15NO3/c1-6(2)15-10-9(11(13)14)7(3)5-8(4)12-10/h5-6H,1-4H3,(H,13,14). The lowest BCUT2D eigenvalue weighted by molar-refractivity contribution is 0.0688. The molecule has 4 heteroatoms. The Balaban J connectivity index is 3.27. The van der Waals surface area contributed by atoms with Crippen LogP contribution >= 0.6 is 0 Å². The second-order valence-electron chi connectivity index (χ2n) is 3.73. The smallest absolute Gasteiger partial charge is 0.341 e. The van der Waals surface area contributed by atoms with Gasteiger partial charge in [0.05, 0.1) is 6.10 Å². The van der Waals surface area contributed by atoms with Crippen molar-refractivity contribution in [2.24, 2.45) is 0 Å². The van der Waals surface area contributed by atoms with Crippen molar-refractivity contribution >= 4 is 5.97 Å². The summed E-state index contributed by atoms with van der Waals surface area (Å²) in [6.45, 7) is 7.23. The second-order valence-corrected chi connectivity index (χ2v) is 3.73. The maximum absolute atomic E-state index is 11.0. The third-order valence-corrected chi connectivity index (χ3v) is 1.87. The van der Waals surface area contributed by atoms with Gasteiger partial charge in [-0.05, 0) is 39.3 Å². The molecule has 0 aliphatic rings. The Hall–Kier alpha value is -1.58. The SMILES string of the molecule is Cc1cc(C)c(C(=O)O)c(OC(C)C)n1. The van der Waals surface area contributed by atoms with E-state index < -0.39 is 5.97 Å². The number of carboxylic acids is 1. The monoisotopic (exact) mass is 209 g/mol. The highest BCUT2D eigenvalue weighted by Crippen LogP contribution is 2.21. The molecule has 0 aliphatic heterocycles. The van der Waals surface area contributed by atoms with Crippen LogP contribution in [0.2, 0.25) is 0 Å². The maximum Gasteiger partial charge on any atom is 0.341 e. The molecule has 1 aromatic rings. The Bertz CT molecular complexity index is 386. The van der Waals surface area contributed by atoms with Crippen molar-refractivity contribution in [3.63, 3.8) is 0 Å². The minimum atomic E-state index is -1.00. The van der Waals surface area contributed by atoms with Crippen LogP contribution in [-0.2, 0) is 0 Å². The number of carboxylic acid groups (broad SMARTS) is 1. The first-order valence-electron chi connectivity index (χ1n) is 4.80. The van der Waals surface area contributed by atoms with Crippen molar-refractivity contribution in [3.8, 4) is 5.88 Å². The molecule has 0 atom stereocenters. The van der Waals surface area contributed by atoms with Crippen LogP contribution in [0.3, 0.4) is 0 Å². The number of hydrogen-bond donors (Lipinski definition) is 1. The van der Waals surface area contributed by atoms with Gasteiger partial charge in [0.1, 0.15) is 5.56 Å². The molecule has 0 spiro atoms. The molecule has 4 nitrogen and oxygen atoms in total. The van der Waals surface area contributed by atoms with Crippen molar-refractivity contribution in [1.82, 2.24) is 4.98 Å². The minimum absolute atomic E-state index is 0.0863. The van der Waals surface area contributed by atoms with Crippen molar-refractivity contribution in [1.29, 1.82) is 0 Å². The van der Waals surface area contributed by atoms with E-state index in [2.05, 4.69) is 4.98 Å². The van der Waals surface area contributed by atoms with Crippen LogP contribution in [0, 0.1) is 13.8 Å². The average molecular weight is 209 g/mol. The summed E-state index contributed by atoms with van der Waals surface area (Å²) in [6, 6.07) is 1.73. The molecule has 1 heterocycles. The topological polar surface area (TPSA) is 59.4 Å². The fraction of sp³-hybridized carbons (Fsp3) is 0.455. The summed E-state index contributed by atoms with van der Waals surface area (Å²) in [4.78, 5) is 15.1. The Morgan fingerprint density at radius 3 is 2.53 bits per heavy atom. The van der Waals surface area contributed by atoms with Gasteiger partial charge >= 0.3 is 5.97 Å². The fourth-order valence-electron chi connectivity index (χ4n) is 1.37. The van der Waals surface area contributed by atoms with Crippen molar-refractivity contribution in [2.45, 2.75) is 33.8 Å². The zero-order valence-electron chi connectivity index (χ0n) is 9.37. The van der Waals surface area contributed by atoms with Crippen LogP contribution in [0.5, 0.6) is 5.88 Å². The summed E-state index contributed by atoms with van der Waals surface area (Å²) in [5, 5.41) is 9.03. The summed E-state index contributed by atoms with van der Waals surface area (Å²) >= 11 is 0. The third-order valence-electron chi connectivity index (χ3n) is 1.87. The minimum Gasteiger partial charge on any atom is -0.477 e. The normalized spacial score (nSPS) is 10.5. The Kier molecular flexibility index (Phi) is 3.29. The third kappa shape index (κ3) is 2.68. The van der Waals surface area contributed by atoms with Gasteiger partial charge in [-0.1, -0.05) is 0 Å². The molecule has 0 amide bonds. The molecule has 0 fully saturated rings. The Morgan fingerprint density at radius 1 is 1.47 bits per heavy atom. The lowest BCUT2D eigenvalue weighted by Crippen LogP contribution is -2.13. The van der Waals surface area contributed by atoms with Gasteiger partial charge in [-0.3, -0.25) is 0 Å². The highest BCUT2D eigenvalue weighted by Gasteiger charge is 2.17. The van der Waals surface area contributed by atoms with Crippen molar-refractivity contribution in [3.05, 3.63) is 22.9 Å². The number of aryl methyl sites for hydroxylation is 2. The van der Waals surface area contributed by atoms with E-state index in [1.165, 1.54) is 0 Å². The quantitative estimate of drug-likeness (QED) is 0.828. The van der Waals surface area contributed by atoms with E-state index in [1.54, 1.807) is 13.0 Å². The lowest BCUT2D eigenvalue weighted by Gasteiger charge is -2.13. The maximum atomic E-state index is 11.0. The fourth-order valence-corrected chi connectivity index (χ4v) is 1.37. The molecule has 1 N–H and O–H groups in total. The second kappa shape index (κ2) is 4.29. The number of aromatic nitrogens is 1. The van der Waals surface area contributed by atoms with Gasteiger partial charge in [0.25, 0.3) is 0 Å². The van der Waals surface area contributed by atoms with Gasteiger partial charge < -0.3 is 9.84 Å². The van der Waals surface area contributed by atoms with Crippen LogP contribution in [0.1, 0.15) is 35.5 Å². The van der Waals surface area contributed by atoms with Crippen LogP contribution < -0.4 is 4.74 Å². The van der Waals surface area contributed by atoms with Gasteiger partial charge in [-0.25, -0.2) is 9.78 Å². The number of aromatic carboxylic acids is 1. The molecule has 15 heavy (non-hydrogen) atoms. The molecule has 0 aromatic carbocycles. The zero-order chi connectivity index (χ0) is 11.6. The van der Waals surface area contributed by atoms with E-state index in [1.807, 2.05) is 20.8 Å². The van der Waals surface area contributed by atoms with Gasteiger partial charge in [0.15, 0.2) is 0 Å². The molecular formula is C11H15NO3. The predicted octanol–water partition coefficient (Wildman–Crippen LogP) is 2.18. The Morgan fingerprint density at radius 2 is 2.07 bits per heavy atom. The summed E-state index contributed by atoms with van der Waals surface area (Å²) in [5.41, 5.74) is 1.58. The molecule has 0 saturated carbocycles. The van der Waals surface area contributed by atoms with Crippen LogP contribution in [0.25, 0.3) is 0 Å². The average Bonchev–Trinajstić information content (AvgIpc) is 1.99. The summed E-state index contributed by atoms with van der Waals surface area (Å²) in [5.74, 6) is -0.800. The highest BCUT2D eigenvalue weighted by atomic mass is 16.5. The Labute approximate surface area is 88.9 Å². The van der Waals surface area contributed by atoms with Crippen molar-refractivity contribution < 1.29 is 14.6 Å². The molecule has 0 aliphatic carbocycles. The molecular weight excluding hydrogens is 194 g/mol. The van der Waals surface area contributed by atoms with E-state index in [4.69, 9.17) is 9.84 Å². The van der Waals surface area contributed by atoms with E-state index in [0.29, 0.717) is 5.56 Å². The first-order chi connectivity index (χ1) is 6.91. The number of pyridine rings is 1. The highest BCUT2D eigenvalue weighted by molar-refractivity contribution is 5.91.